The van der Waals surface area contributed by atoms with Gasteiger partial charge in [0.1, 0.15) is 6.04 Å². The van der Waals surface area contributed by atoms with E-state index in [4.69, 9.17) is 5.11 Å². The lowest BCUT2D eigenvalue weighted by Gasteiger charge is -2.32. The minimum Gasteiger partial charge on any atom is -0.480 e. The van der Waals surface area contributed by atoms with Gasteiger partial charge in [-0.25, -0.2) is 8.42 Å². The largest absolute Gasteiger partial charge is 0.480 e. The Hall–Kier alpha value is -0.620. The zero-order chi connectivity index (χ0) is 12.3. The van der Waals surface area contributed by atoms with Crippen LogP contribution in [0.2, 0.25) is 0 Å². The molecular formula is C10H19NO4S. The van der Waals surface area contributed by atoms with Gasteiger partial charge in [-0.3, -0.25) is 9.69 Å². The van der Waals surface area contributed by atoms with Gasteiger partial charge in [-0.2, -0.15) is 0 Å². The summed E-state index contributed by atoms with van der Waals surface area (Å²) in [6, 6.07) is -0.546. The molecule has 1 fully saturated rings. The van der Waals surface area contributed by atoms with Gasteiger partial charge in [-0.05, 0) is 12.3 Å². The maximum atomic E-state index is 11.2. The first-order chi connectivity index (χ1) is 7.32. The van der Waals surface area contributed by atoms with E-state index < -0.39 is 21.8 Å². The van der Waals surface area contributed by atoms with Gasteiger partial charge in [0.2, 0.25) is 0 Å². The van der Waals surface area contributed by atoms with Crippen molar-refractivity contribution in [3.63, 3.8) is 0 Å². The lowest BCUT2D eigenvalue weighted by Crippen LogP contribution is -2.49. The molecule has 0 saturated carbocycles. The van der Waals surface area contributed by atoms with E-state index in [1.54, 1.807) is 4.90 Å². The molecule has 0 aliphatic carbocycles. The average molecular weight is 249 g/mol. The van der Waals surface area contributed by atoms with E-state index in [-0.39, 0.29) is 11.5 Å². The van der Waals surface area contributed by atoms with Gasteiger partial charge in [0, 0.05) is 13.1 Å². The molecule has 0 aromatic carbocycles. The molecule has 1 aliphatic heterocycles. The van der Waals surface area contributed by atoms with E-state index in [1.165, 1.54) is 0 Å². The zero-order valence-corrected chi connectivity index (χ0v) is 10.5. The molecule has 0 bridgehead atoms. The number of sulfone groups is 1. The fourth-order valence-electron chi connectivity index (χ4n) is 1.89. The summed E-state index contributed by atoms with van der Waals surface area (Å²) >= 11 is 0. The number of aliphatic carboxylic acids is 1. The molecule has 0 spiro atoms. The van der Waals surface area contributed by atoms with Crippen LogP contribution < -0.4 is 0 Å². The van der Waals surface area contributed by atoms with Crippen molar-refractivity contribution in [3.8, 4) is 0 Å². The summed E-state index contributed by atoms with van der Waals surface area (Å²) < 4.78 is 22.5. The first kappa shape index (κ1) is 13.4. The monoisotopic (exact) mass is 249 g/mol. The molecular weight excluding hydrogens is 230 g/mol. The second-order valence-electron chi connectivity index (χ2n) is 4.67. The minimum atomic E-state index is -2.94. The number of hydrogen-bond acceptors (Lipinski definition) is 4. The smallest absolute Gasteiger partial charge is 0.320 e. The quantitative estimate of drug-likeness (QED) is 0.771. The number of rotatable bonds is 4. The van der Waals surface area contributed by atoms with E-state index in [0.717, 1.165) is 0 Å². The van der Waals surface area contributed by atoms with Gasteiger partial charge in [0.25, 0.3) is 0 Å². The van der Waals surface area contributed by atoms with E-state index in [0.29, 0.717) is 25.4 Å². The number of carbonyl (C=O) groups is 1. The molecule has 1 N–H and O–H groups in total. The van der Waals surface area contributed by atoms with E-state index >= 15 is 0 Å². The summed E-state index contributed by atoms with van der Waals surface area (Å²) in [5.74, 6) is -0.406. The molecule has 1 unspecified atom stereocenters. The summed E-state index contributed by atoms with van der Waals surface area (Å²) in [4.78, 5) is 12.9. The second kappa shape index (κ2) is 5.14. The molecule has 1 heterocycles. The van der Waals surface area contributed by atoms with Gasteiger partial charge in [-0.15, -0.1) is 0 Å². The normalized spacial score (nSPS) is 23.2. The molecule has 0 aromatic heterocycles. The Bertz CT molecular complexity index is 336. The Labute approximate surface area is 96.4 Å². The third kappa shape index (κ3) is 3.75. The summed E-state index contributed by atoms with van der Waals surface area (Å²) in [5, 5.41) is 9.11. The molecule has 94 valence electrons. The highest BCUT2D eigenvalue weighted by Gasteiger charge is 2.31. The topological polar surface area (TPSA) is 74.7 Å². The van der Waals surface area contributed by atoms with Crippen molar-refractivity contribution < 1.29 is 18.3 Å². The third-order valence-electron chi connectivity index (χ3n) is 2.80. The summed E-state index contributed by atoms with van der Waals surface area (Å²) in [6.07, 6.45) is 0.565. The zero-order valence-electron chi connectivity index (χ0n) is 9.72. The first-order valence-electron chi connectivity index (χ1n) is 5.49. The molecule has 1 atom stereocenters. The van der Waals surface area contributed by atoms with Crippen LogP contribution in [0, 0.1) is 5.92 Å². The molecule has 1 rings (SSSR count). The van der Waals surface area contributed by atoms with Crippen LogP contribution in [0.4, 0.5) is 0 Å². The Balaban J connectivity index is 2.64. The van der Waals surface area contributed by atoms with Crippen LogP contribution in [0.5, 0.6) is 0 Å². The highest BCUT2D eigenvalue weighted by atomic mass is 32.2. The number of hydrogen-bond donors (Lipinski definition) is 1. The van der Waals surface area contributed by atoms with Crippen LogP contribution in [0.15, 0.2) is 0 Å². The maximum absolute atomic E-state index is 11.2. The van der Waals surface area contributed by atoms with Crippen molar-refractivity contribution in [2.75, 3.05) is 24.6 Å². The molecule has 6 heteroatoms. The van der Waals surface area contributed by atoms with Crippen molar-refractivity contribution in [1.82, 2.24) is 4.90 Å². The molecule has 0 amide bonds. The number of carboxylic acids is 1. The van der Waals surface area contributed by atoms with Gasteiger partial charge >= 0.3 is 5.97 Å². The van der Waals surface area contributed by atoms with E-state index in [9.17, 15) is 13.2 Å². The Morgan fingerprint density at radius 3 is 2.19 bits per heavy atom. The van der Waals surface area contributed by atoms with Crippen LogP contribution in [-0.4, -0.2) is 55.0 Å². The average Bonchev–Trinajstić information content (AvgIpc) is 2.14. The van der Waals surface area contributed by atoms with E-state index in [2.05, 4.69) is 0 Å². The molecule has 1 saturated heterocycles. The highest BCUT2D eigenvalue weighted by Crippen LogP contribution is 2.15. The molecule has 1 aliphatic rings. The second-order valence-corrected chi connectivity index (χ2v) is 6.98. The fourth-order valence-corrected chi connectivity index (χ4v) is 3.12. The number of carboxylic acid groups (broad SMARTS) is 1. The SMILES string of the molecule is CC(C)CC(C(=O)O)N1CCS(=O)(=O)CC1. The van der Waals surface area contributed by atoms with Gasteiger partial charge in [0.05, 0.1) is 11.5 Å². The molecule has 0 aromatic rings. The van der Waals surface area contributed by atoms with Gasteiger partial charge < -0.3 is 5.11 Å². The molecule has 0 radical (unpaired) electrons. The van der Waals surface area contributed by atoms with Crippen LogP contribution in [0.1, 0.15) is 20.3 Å². The van der Waals surface area contributed by atoms with Crippen molar-refractivity contribution >= 4 is 15.8 Å². The van der Waals surface area contributed by atoms with Crippen LogP contribution in [0.25, 0.3) is 0 Å². The summed E-state index contributed by atoms with van der Waals surface area (Å²) in [7, 11) is -2.94. The van der Waals surface area contributed by atoms with E-state index in [1.807, 2.05) is 13.8 Å². The lowest BCUT2D eigenvalue weighted by molar-refractivity contribution is -0.143. The maximum Gasteiger partial charge on any atom is 0.320 e. The Kier molecular flexibility index (Phi) is 4.32. The summed E-state index contributed by atoms with van der Waals surface area (Å²) in [5.41, 5.74) is 0. The molecule has 16 heavy (non-hydrogen) atoms. The fraction of sp³-hybridized carbons (Fsp3) is 0.900. The highest BCUT2D eigenvalue weighted by molar-refractivity contribution is 7.91. The van der Waals surface area contributed by atoms with Crippen LogP contribution in [0.3, 0.4) is 0 Å². The standard InChI is InChI=1S/C10H19NO4S/c1-8(2)7-9(10(12)13)11-3-5-16(14,15)6-4-11/h8-9H,3-7H2,1-2H3,(H,12,13). The van der Waals surface area contributed by atoms with Crippen molar-refractivity contribution in [1.29, 1.82) is 0 Å². The number of nitrogens with zero attached hydrogens (tertiary/aromatic N) is 1. The third-order valence-corrected chi connectivity index (χ3v) is 4.41. The van der Waals surface area contributed by atoms with Crippen molar-refractivity contribution in [3.05, 3.63) is 0 Å². The molecule has 5 nitrogen and oxygen atoms in total. The van der Waals surface area contributed by atoms with Gasteiger partial charge in [-0.1, -0.05) is 13.8 Å². The Morgan fingerprint density at radius 1 is 1.31 bits per heavy atom. The predicted octanol–water partition coefficient (Wildman–Crippen LogP) is 0.216. The summed E-state index contributed by atoms with van der Waals surface area (Å²) in [6.45, 7) is 4.62. The van der Waals surface area contributed by atoms with Crippen LogP contribution in [-0.2, 0) is 14.6 Å². The first-order valence-corrected chi connectivity index (χ1v) is 7.31. The lowest BCUT2D eigenvalue weighted by atomic mass is 10.0. The van der Waals surface area contributed by atoms with Gasteiger partial charge in [0.15, 0.2) is 9.84 Å². The van der Waals surface area contributed by atoms with Crippen LogP contribution >= 0.6 is 0 Å². The predicted molar refractivity (Wildman–Crippen MR) is 61.1 cm³/mol. The van der Waals surface area contributed by atoms with Crippen molar-refractivity contribution in [2.45, 2.75) is 26.3 Å². The van der Waals surface area contributed by atoms with Crippen molar-refractivity contribution in [2.24, 2.45) is 5.92 Å². The minimum absolute atomic E-state index is 0.0782. The Morgan fingerprint density at radius 2 is 1.81 bits per heavy atom.